The van der Waals surface area contributed by atoms with Crippen molar-refractivity contribution in [3.63, 3.8) is 0 Å². The predicted molar refractivity (Wildman–Crippen MR) is 55.1 cm³/mol. The molecule has 0 saturated carbocycles. The smallest absolute Gasteiger partial charge is 0.304 e. The van der Waals surface area contributed by atoms with Crippen LogP contribution in [0.15, 0.2) is 0 Å². The number of rotatable bonds is 3. The highest BCUT2D eigenvalue weighted by Crippen LogP contribution is 2.19. The highest BCUT2D eigenvalue weighted by molar-refractivity contribution is 5.67. The standard InChI is InChI=1S/C10H20N2O2/c1-7-5-9(11)3-4-12(7)8(2)6-10(13)14/h7-9H,3-6,11H2,1-2H3,(H,13,14). The average Bonchev–Trinajstić information content (AvgIpc) is 2.01. The molecule has 0 bridgehead atoms. The van der Waals surface area contributed by atoms with E-state index in [4.69, 9.17) is 10.8 Å². The SMILES string of the molecule is CC(CC(=O)O)N1CCC(N)CC1C. The Kier molecular flexibility index (Phi) is 3.89. The molecule has 1 aliphatic rings. The van der Waals surface area contributed by atoms with Crippen LogP contribution in [0.5, 0.6) is 0 Å². The van der Waals surface area contributed by atoms with E-state index in [0.717, 1.165) is 19.4 Å². The summed E-state index contributed by atoms with van der Waals surface area (Å²) in [6.45, 7) is 5.02. The van der Waals surface area contributed by atoms with Gasteiger partial charge < -0.3 is 10.8 Å². The second kappa shape index (κ2) is 4.75. The van der Waals surface area contributed by atoms with Crippen LogP contribution in [0.25, 0.3) is 0 Å². The van der Waals surface area contributed by atoms with Crippen molar-refractivity contribution >= 4 is 5.97 Å². The average molecular weight is 200 g/mol. The van der Waals surface area contributed by atoms with Crippen LogP contribution >= 0.6 is 0 Å². The lowest BCUT2D eigenvalue weighted by molar-refractivity contribution is -0.138. The summed E-state index contributed by atoms with van der Waals surface area (Å²) in [5, 5.41) is 8.70. The van der Waals surface area contributed by atoms with Crippen LogP contribution in [0, 0.1) is 0 Å². The van der Waals surface area contributed by atoms with Crippen LogP contribution < -0.4 is 5.73 Å². The fraction of sp³-hybridized carbons (Fsp3) is 0.900. The highest BCUT2D eigenvalue weighted by Gasteiger charge is 2.27. The monoisotopic (exact) mass is 200 g/mol. The van der Waals surface area contributed by atoms with Gasteiger partial charge in [0.15, 0.2) is 0 Å². The van der Waals surface area contributed by atoms with E-state index >= 15 is 0 Å². The van der Waals surface area contributed by atoms with Gasteiger partial charge >= 0.3 is 5.97 Å². The second-order valence-corrected chi connectivity index (χ2v) is 4.32. The third-order valence-electron chi connectivity index (χ3n) is 3.00. The molecular weight excluding hydrogens is 180 g/mol. The molecular formula is C10H20N2O2. The number of hydrogen-bond donors (Lipinski definition) is 2. The van der Waals surface area contributed by atoms with Crippen molar-refractivity contribution in [2.24, 2.45) is 5.73 Å². The quantitative estimate of drug-likeness (QED) is 0.702. The second-order valence-electron chi connectivity index (χ2n) is 4.32. The van der Waals surface area contributed by atoms with Crippen LogP contribution in [0.2, 0.25) is 0 Å². The molecule has 0 amide bonds. The van der Waals surface area contributed by atoms with Gasteiger partial charge in [0.1, 0.15) is 0 Å². The Balaban J connectivity index is 2.46. The molecule has 1 rings (SSSR count). The van der Waals surface area contributed by atoms with Crippen molar-refractivity contribution in [2.75, 3.05) is 6.54 Å². The van der Waals surface area contributed by atoms with Crippen LogP contribution in [-0.2, 0) is 4.79 Å². The fourth-order valence-electron chi connectivity index (χ4n) is 2.25. The van der Waals surface area contributed by atoms with Crippen molar-refractivity contribution in [1.82, 2.24) is 4.90 Å². The summed E-state index contributed by atoms with van der Waals surface area (Å²) in [4.78, 5) is 12.8. The zero-order chi connectivity index (χ0) is 10.7. The molecule has 0 radical (unpaired) electrons. The van der Waals surface area contributed by atoms with Gasteiger partial charge in [-0.3, -0.25) is 9.69 Å². The van der Waals surface area contributed by atoms with Crippen molar-refractivity contribution in [1.29, 1.82) is 0 Å². The van der Waals surface area contributed by atoms with Gasteiger partial charge in [-0.25, -0.2) is 0 Å². The van der Waals surface area contributed by atoms with Crippen LogP contribution in [0.3, 0.4) is 0 Å². The number of likely N-dealkylation sites (tertiary alicyclic amines) is 1. The number of carboxylic acid groups (broad SMARTS) is 1. The molecule has 14 heavy (non-hydrogen) atoms. The number of piperidine rings is 1. The first kappa shape index (κ1) is 11.5. The Morgan fingerprint density at radius 2 is 2.36 bits per heavy atom. The van der Waals surface area contributed by atoms with Gasteiger partial charge in [0, 0.05) is 24.7 Å². The summed E-state index contributed by atoms with van der Waals surface area (Å²) in [6.07, 6.45) is 2.18. The van der Waals surface area contributed by atoms with Crippen LogP contribution in [0.4, 0.5) is 0 Å². The molecule has 3 N–H and O–H groups in total. The molecule has 82 valence electrons. The first-order valence-electron chi connectivity index (χ1n) is 5.23. The maximum absolute atomic E-state index is 10.6. The number of nitrogens with zero attached hydrogens (tertiary/aromatic N) is 1. The lowest BCUT2D eigenvalue weighted by Crippen LogP contribution is -2.49. The summed E-state index contributed by atoms with van der Waals surface area (Å²) in [6, 6.07) is 0.821. The Bertz CT molecular complexity index is 208. The highest BCUT2D eigenvalue weighted by atomic mass is 16.4. The molecule has 1 heterocycles. The third kappa shape index (κ3) is 2.96. The number of aliphatic carboxylic acids is 1. The van der Waals surface area contributed by atoms with E-state index in [1.807, 2.05) is 6.92 Å². The van der Waals surface area contributed by atoms with Crippen molar-refractivity contribution < 1.29 is 9.90 Å². The van der Waals surface area contributed by atoms with Gasteiger partial charge in [0.25, 0.3) is 0 Å². The predicted octanol–water partition coefficient (Wildman–Crippen LogP) is 0.661. The molecule has 3 unspecified atom stereocenters. The zero-order valence-corrected chi connectivity index (χ0v) is 8.94. The Morgan fingerprint density at radius 1 is 1.71 bits per heavy atom. The van der Waals surface area contributed by atoms with E-state index in [9.17, 15) is 4.79 Å². The molecule has 0 aliphatic carbocycles. The lowest BCUT2D eigenvalue weighted by atomic mass is 9.97. The summed E-state index contributed by atoms with van der Waals surface area (Å²) < 4.78 is 0. The van der Waals surface area contributed by atoms with E-state index in [1.54, 1.807) is 0 Å². The minimum absolute atomic E-state index is 0.120. The Morgan fingerprint density at radius 3 is 2.86 bits per heavy atom. The van der Waals surface area contributed by atoms with Gasteiger partial charge in [0.2, 0.25) is 0 Å². The molecule has 0 spiro atoms. The zero-order valence-electron chi connectivity index (χ0n) is 8.94. The topological polar surface area (TPSA) is 66.6 Å². The minimum atomic E-state index is -0.723. The van der Waals surface area contributed by atoms with E-state index < -0.39 is 5.97 Å². The largest absolute Gasteiger partial charge is 0.481 e. The van der Waals surface area contributed by atoms with Crippen molar-refractivity contribution in [2.45, 2.75) is 51.2 Å². The maximum atomic E-state index is 10.6. The van der Waals surface area contributed by atoms with Gasteiger partial charge in [-0.2, -0.15) is 0 Å². The first-order chi connectivity index (χ1) is 6.50. The maximum Gasteiger partial charge on any atom is 0.304 e. The van der Waals surface area contributed by atoms with Crippen LogP contribution in [-0.4, -0.2) is 40.6 Å². The minimum Gasteiger partial charge on any atom is -0.481 e. The molecule has 0 aromatic heterocycles. The Hall–Kier alpha value is -0.610. The third-order valence-corrected chi connectivity index (χ3v) is 3.00. The number of carbonyl (C=O) groups is 1. The number of hydrogen-bond acceptors (Lipinski definition) is 3. The normalized spacial score (nSPS) is 31.4. The van der Waals surface area contributed by atoms with E-state index in [2.05, 4.69) is 11.8 Å². The molecule has 4 nitrogen and oxygen atoms in total. The number of nitrogens with two attached hydrogens (primary N) is 1. The Labute approximate surface area is 85.1 Å². The first-order valence-corrected chi connectivity index (χ1v) is 5.23. The molecule has 4 heteroatoms. The van der Waals surface area contributed by atoms with Crippen molar-refractivity contribution in [3.05, 3.63) is 0 Å². The molecule has 0 aromatic carbocycles. The lowest BCUT2D eigenvalue weighted by Gasteiger charge is -2.39. The summed E-state index contributed by atoms with van der Waals surface area (Å²) in [7, 11) is 0. The number of carboxylic acids is 1. The summed E-state index contributed by atoms with van der Waals surface area (Å²) in [5.41, 5.74) is 5.85. The van der Waals surface area contributed by atoms with Gasteiger partial charge in [-0.05, 0) is 26.7 Å². The van der Waals surface area contributed by atoms with Crippen LogP contribution in [0.1, 0.15) is 33.1 Å². The van der Waals surface area contributed by atoms with Crippen molar-refractivity contribution in [3.8, 4) is 0 Å². The molecule has 1 fully saturated rings. The molecule has 1 saturated heterocycles. The van der Waals surface area contributed by atoms with E-state index in [0.29, 0.717) is 12.1 Å². The molecule has 1 aliphatic heterocycles. The summed E-state index contributed by atoms with van der Waals surface area (Å²) in [5.74, 6) is -0.723. The van der Waals surface area contributed by atoms with E-state index in [-0.39, 0.29) is 12.5 Å². The van der Waals surface area contributed by atoms with Gasteiger partial charge in [-0.15, -0.1) is 0 Å². The van der Waals surface area contributed by atoms with Gasteiger partial charge in [-0.1, -0.05) is 0 Å². The van der Waals surface area contributed by atoms with E-state index in [1.165, 1.54) is 0 Å². The van der Waals surface area contributed by atoms with Gasteiger partial charge in [0.05, 0.1) is 6.42 Å². The molecule has 0 aromatic rings. The molecule has 3 atom stereocenters. The fourth-order valence-corrected chi connectivity index (χ4v) is 2.25. The summed E-state index contributed by atoms with van der Waals surface area (Å²) >= 11 is 0.